The highest BCUT2D eigenvalue weighted by atomic mass is 16.6. The van der Waals surface area contributed by atoms with Crippen molar-refractivity contribution < 1.29 is 4.92 Å². The van der Waals surface area contributed by atoms with Crippen molar-refractivity contribution in [2.45, 2.75) is 32.6 Å². The van der Waals surface area contributed by atoms with Crippen LogP contribution in [0.4, 0.5) is 17.5 Å². The van der Waals surface area contributed by atoms with Crippen molar-refractivity contribution in [1.82, 2.24) is 9.97 Å². The maximum absolute atomic E-state index is 10.6. The van der Waals surface area contributed by atoms with E-state index in [1.165, 1.54) is 25.7 Å². The van der Waals surface area contributed by atoms with Crippen LogP contribution in [0, 0.1) is 15.5 Å². The van der Waals surface area contributed by atoms with E-state index in [1.807, 2.05) is 0 Å². The molecule has 7 nitrogen and oxygen atoms in total. The lowest BCUT2D eigenvalue weighted by atomic mass is 9.89. The highest BCUT2D eigenvalue weighted by molar-refractivity contribution is 5.53. The van der Waals surface area contributed by atoms with E-state index in [0.29, 0.717) is 5.95 Å². The van der Waals surface area contributed by atoms with Gasteiger partial charge in [-0.2, -0.15) is 4.98 Å². The van der Waals surface area contributed by atoms with E-state index in [-0.39, 0.29) is 16.9 Å². The van der Waals surface area contributed by atoms with Crippen LogP contribution in [0.15, 0.2) is 6.20 Å². The molecule has 3 N–H and O–H groups in total. The Hall–Kier alpha value is -1.92. The molecular formula is C11H17N5O2. The summed E-state index contributed by atoms with van der Waals surface area (Å²) in [6.07, 6.45) is 6.01. The van der Waals surface area contributed by atoms with Gasteiger partial charge in [0, 0.05) is 6.54 Å². The van der Waals surface area contributed by atoms with E-state index < -0.39 is 4.92 Å². The fourth-order valence-electron chi connectivity index (χ4n) is 2.31. The monoisotopic (exact) mass is 251 g/mol. The molecule has 2 rings (SSSR count). The van der Waals surface area contributed by atoms with Crippen LogP contribution in [0.5, 0.6) is 0 Å². The lowest BCUT2D eigenvalue weighted by molar-refractivity contribution is -0.384. The molecule has 1 aromatic rings. The van der Waals surface area contributed by atoms with Gasteiger partial charge in [-0.05, 0) is 18.3 Å². The molecule has 1 aliphatic rings. The molecule has 1 heterocycles. The summed E-state index contributed by atoms with van der Waals surface area (Å²) in [5.41, 5.74) is 5.51. The minimum atomic E-state index is -0.586. The zero-order chi connectivity index (χ0) is 13.2. The van der Waals surface area contributed by atoms with Gasteiger partial charge in [-0.1, -0.05) is 19.8 Å². The average Bonchev–Trinajstić information content (AvgIpc) is 2.74. The number of nitrogens with zero attached hydrogens (tertiary/aromatic N) is 3. The predicted molar refractivity (Wildman–Crippen MR) is 68.2 cm³/mol. The second-order valence-electron chi connectivity index (χ2n) is 5.09. The molecule has 0 unspecified atom stereocenters. The van der Waals surface area contributed by atoms with E-state index in [9.17, 15) is 10.1 Å². The van der Waals surface area contributed by atoms with Gasteiger partial charge in [0.2, 0.25) is 11.8 Å². The van der Waals surface area contributed by atoms with Crippen LogP contribution >= 0.6 is 0 Å². The zero-order valence-electron chi connectivity index (χ0n) is 10.3. The second-order valence-corrected chi connectivity index (χ2v) is 5.09. The predicted octanol–water partition coefficient (Wildman–Crippen LogP) is 1.96. The van der Waals surface area contributed by atoms with E-state index >= 15 is 0 Å². The molecule has 0 bridgehead atoms. The number of hydrogen-bond acceptors (Lipinski definition) is 6. The average molecular weight is 251 g/mol. The van der Waals surface area contributed by atoms with Gasteiger partial charge >= 0.3 is 5.69 Å². The van der Waals surface area contributed by atoms with Crippen LogP contribution < -0.4 is 11.1 Å². The minimum Gasteiger partial charge on any atom is -0.378 e. The van der Waals surface area contributed by atoms with Crippen molar-refractivity contribution in [3.05, 3.63) is 16.3 Å². The number of rotatable bonds is 4. The summed E-state index contributed by atoms with van der Waals surface area (Å²) in [5, 5.41) is 13.7. The smallest absolute Gasteiger partial charge is 0.329 e. The van der Waals surface area contributed by atoms with Crippen molar-refractivity contribution in [2.75, 3.05) is 17.6 Å². The largest absolute Gasteiger partial charge is 0.378 e. The Balaban J connectivity index is 2.02. The first-order valence-corrected chi connectivity index (χ1v) is 6.01. The van der Waals surface area contributed by atoms with Gasteiger partial charge in [-0.25, -0.2) is 4.98 Å². The maximum atomic E-state index is 10.6. The molecular weight excluding hydrogens is 234 g/mol. The third-order valence-corrected chi connectivity index (χ3v) is 3.48. The number of nitrogens with two attached hydrogens (primary N) is 1. The molecule has 18 heavy (non-hydrogen) atoms. The molecule has 1 aliphatic carbocycles. The van der Waals surface area contributed by atoms with Gasteiger partial charge in [-0.3, -0.25) is 10.1 Å². The first kappa shape index (κ1) is 12.5. The number of nitrogen functional groups attached to an aromatic ring is 1. The van der Waals surface area contributed by atoms with Crippen LogP contribution in [0.3, 0.4) is 0 Å². The minimum absolute atomic E-state index is 0.103. The molecule has 0 aliphatic heterocycles. The van der Waals surface area contributed by atoms with E-state index in [4.69, 9.17) is 5.73 Å². The molecule has 0 aromatic carbocycles. The van der Waals surface area contributed by atoms with Crippen LogP contribution in [0.25, 0.3) is 0 Å². The zero-order valence-corrected chi connectivity index (χ0v) is 10.3. The van der Waals surface area contributed by atoms with E-state index in [1.54, 1.807) is 0 Å². The molecule has 1 aromatic heterocycles. The van der Waals surface area contributed by atoms with Crippen molar-refractivity contribution in [3.63, 3.8) is 0 Å². The van der Waals surface area contributed by atoms with Crippen LogP contribution in [0.2, 0.25) is 0 Å². The molecule has 0 amide bonds. The van der Waals surface area contributed by atoms with Gasteiger partial charge in [0.1, 0.15) is 6.20 Å². The van der Waals surface area contributed by atoms with E-state index in [0.717, 1.165) is 12.7 Å². The first-order chi connectivity index (χ1) is 8.50. The topological polar surface area (TPSA) is 107 Å². The van der Waals surface area contributed by atoms with Gasteiger partial charge in [0.05, 0.1) is 4.92 Å². The number of anilines is 2. The third kappa shape index (κ3) is 2.66. The summed E-state index contributed by atoms with van der Waals surface area (Å²) in [7, 11) is 0. The molecule has 98 valence electrons. The Kier molecular flexibility index (Phi) is 3.31. The van der Waals surface area contributed by atoms with Crippen molar-refractivity contribution in [1.29, 1.82) is 0 Å². The molecule has 7 heteroatoms. The Labute approximate surface area is 105 Å². The quantitative estimate of drug-likeness (QED) is 0.625. The Morgan fingerprint density at radius 3 is 2.78 bits per heavy atom. The van der Waals surface area contributed by atoms with Crippen LogP contribution in [-0.2, 0) is 0 Å². The van der Waals surface area contributed by atoms with Crippen LogP contribution in [0.1, 0.15) is 32.6 Å². The molecule has 0 saturated heterocycles. The third-order valence-electron chi connectivity index (χ3n) is 3.48. The Morgan fingerprint density at radius 2 is 2.22 bits per heavy atom. The molecule has 1 fully saturated rings. The Bertz CT molecular complexity index is 457. The standard InChI is InChI=1S/C11H17N5O2/c1-11(4-2-3-5-11)7-14-10-13-6-8(16(17)18)9(12)15-10/h6H,2-5,7H2,1H3,(H3,12,13,14,15). The van der Waals surface area contributed by atoms with Gasteiger partial charge < -0.3 is 11.1 Å². The summed E-state index contributed by atoms with van der Waals surface area (Å²) in [6, 6.07) is 0. The number of hydrogen-bond donors (Lipinski definition) is 2. The first-order valence-electron chi connectivity index (χ1n) is 6.01. The van der Waals surface area contributed by atoms with Crippen LogP contribution in [-0.4, -0.2) is 21.4 Å². The Morgan fingerprint density at radius 1 is 1.56 bits per heavy atom. The van der Waals surface area contributed by atoms with Gasteiger partial charge in [-0.15, -0.1) is 0 Å². The van der Waals surface area contributed by atoms with Crippen molar-refractivity contribution in [2.24, 2.45) is 5.41 Å². The summed E-state index contributed by atoms with van der Waals surface area (Å²) in [6.45, 7) is 2.99. The molecule has 1 saturated carbocycles. The molecule has 0 atom stereocenters. The second kappa shape index (κ2) is 4.75. The fourth-order valence-corrected chi connectivity index (χ4v) is 2.31. The van der Waals surface area contributed by atoms with E-state index in [2.05, 4.69) is 22.2 Å². The van der Waals surface area contributed by atoms with Gasteiger partial charge in [0.25, 0.3) is 0 Å². The lowest BCUT2D eigenvalue weighted by Crippen LogP contribution is -2.24. The number of nitrogens with one attached hydrogen (secondary N) is 1. The SMILES string of the molecule is CC1(CNc2ncc([N+](=O)[O-])c(N)n2)CCCC1. The van der Waals surface area contributed by atoms with Crippen molar-refractivity contribution in [3.8, 4) is 0 Å². The molecule has 0 radical (unpaired) electrons. The summed E-state index contributed by atoms with van der Waals surface area (Å²) < 4.78 is 0. The molecule has 0 spiro atoms. The maximum Gasteiger partial charge on any atom is 0.329 e. The van der Waals surface area contributed by atoms with Crippen molar-refractivity contribution >= 4 is 17.5 Å². The normalized spacial score (nSPS) is 17.6. The fraction of sp³-hybridized carbons (Fsp3) is 0.636. The summed E-state index contributed by atoms with van der Waals surface area (Å²) in [5.74, 6) is 0.250. The number of nitro groups is 1. The summed E-state index contributed by atoms with van der Waals surface area (Å²) >= 11 is 0. The number of aromatic nitrogens is 2. The highest BCUT2D eigenvalue weighted by Gasteiger charge is 2.28. The highest BCUT2D eigenvalue weighted by Crippen LogP contribution is 2.37. The lowest BCUT2D eigenvalue weighted by Gasteiger charge is -2.23. The van der Waals surface area contributed by atoms with Gasteiger partial charge in [0.15, 0.2) is 0 Å². The summed E-state index contributed by atoms with van der Waals surface area (Å²) in [4.78, 5) is 17.8.